The number of nitrogens with zero attached hydrogens (tertiary/aromatic N) is 1. The molecule has 116 valence electrons. The highest BCUT2D eigenvalue weighted by atomic mass is 35.5. The lowest BCUT2D eigenvalue weighted by atomic mass is 10.2. The smallest absolute Gasteiger partial charge is 0.331 e. The summed E-state index contributed by atoms with van der Waals surface area (Å²) in [6, 6.07) is 10.6. The van der Waals surface area contributed by atoms with Gasteiger partial charge in [-0.05, 0) is 29.2 Å². The molecule has 0 radical (unpaired) electrons. The lowest BCUT2D eigenvalue weighted by Gasteiger charge is -2.03. The molecular weight excluding hydrogens is 336 g/mol. The molecule has 0 saturated carbocycles. The number of esters is 1. The van der Waals surface area contributed by atoms with Gasteiger partial charge in [-0.25, -0.2) is 4.79 Å². The molecule has 7 heteroatoms. The summed E-state index contributed by atoms with van der Waals surface area (Å²) >= 11 is 7.17. The van der Waals surface area contributed by atoms with E-state index in [1.807, 2.05) is 6.07 Å². The first kappa shape index (κ1) is 16.7. The molecule has 0 fully saturated rings. The molecule has 0 unspecified atom stereocenters. The quantitative estimate of drug-likeness (QED) is 0.664. The highest BCUT2D eigenvalue weighted by molar-refractivity contribution is 7.14. The van der Waals surface area contributed by atoms with Crippen LogP contribution in [0.1, 0.15) is 11.1 Å². The molecule has 2 aromatic rings. The molecular formula is C16H11ClN2O3S. The summed E-state index contributed by atoms with van der Waals surface area (Å²) in [5.74, 6) is -1.17. The SMILES string of the molecule is N#Cc1ccsc1NC(=O)COC(=O)C=Cc1ccccc1Cl. The number of rotatable bonds is 5. The Labute approximate surface area is 141 Å². The maximum Gasteiger partial charge on any atom is 0.331 e. The summed E-state index contributed by atoms with van der Waals surface area (Å²) in [5, 5.41) is 14.0. The van der Waals surface area contributed by atoms with Gasteiger partial charge in [0.1, 0.15) is 11.1 Å². The number of carbonyl (C=O) groups is 2. The van der Waals surface area contributed by atoms with Gasteiger partial charge in [-0.3, -0.25) is 4.79 Å². The van der Waals surface area contributed by atoms with Crippen molar-refractivity contribution >= 4 is 45.9 Å². The average Bonchev–Trinajstić information content (AvgIpc) is 2.99. The predicted octanol–water partition coefficient (Wildman–Crippen LogP) is 3.47. The number of hydrogen-bond acceptors (Lipinski definition) is 5. The van der Waals surface area contributed by atoms with E-state index in [9.17, 15) is 9.59 Å². The lowest BCUT2D eigenvalue weighted by Crippen LogP contribution is -2.20. The summed E-state index contributed by atoms with van der Waals surface area (Å²) in [4.78, 5) is 23.3. The van der Waals surface area contributed by atoms with Crippen molar-refractivity contribution in [3.63, 3.8) is 0 Å². The van der Waals surface area contributed by atoms with Crippen LogP contribution in [0.2, 0.25) is 5.02 Å². The number of carbonyl (C=O) groups excluding carboxylic acids is 2. The molecule has 1 N–H and O–H groups in total. The number of halogens is 1. The van der Waals surface area contributed by atoms with E-state index in [1.54, 1.807) is 35.7 Å². The maximum atomic E-state index is 11.7. The molecule has 1 aromatic carbocycles. The summed E-state index contributed by atoms with van der Waals surface area (Å²) < 4.78 is 4.83. The van der Waals surface area contributed by atoms with Gasteiger partial charge in [0.05, 0.1) is 5.56 Å². The molecule has 0 spiro atoms. The van der Waals surface area contributed by atoms with Crippen LogP contribution in [0, 0.1) is 11.3 Å². The van der Waals surface area contributed by atoms with Crippen LogP contribution in [0.3, 0.4) is 0 Å². The van der Waals surface area contributed by atoms with E-state index in [-0.39, 0.29) is 0 Å². The van der Waals surface area contributed by atoms with Crippen molar-refractivity contribution in [2.45, 2.75) is 0 Å². The third-order valence-electron chi connectivity index (χ3n) is 2.69. The molecule has 1 heterocycles. The van der Waals surface area contributed by atoms with Gasteiger partial charge in [-0.1, -0.05) is 29.8 Å². The van der Waals surface area contributed by atoms with Gasteiger partial charge >= 0.3 is 5.97 Å². The van der Waals surface area contributed by atoms with Crippen LogP contribution in [0.4, 0.5) is 5.00 Å². The number of benzene rings is 1. The first-order chi connectivity index (χ1) is 11.1. The lowest BCUT2D eigenvalue weighted by molar-refractivity contribution is -0.142. The highest BCUT2D eigenvalue weighted by Gasteiger charge is 2.09. The first-order valence-corrected chi connectivity index (χ1v) is 7.72. The van der Waals surface area contributed by atoms with Crippen LogP contribution in [-0.2, 0) is 14.3 Å². The van der Waals surface area contributed by atoms with E-state index in [0.29, 0.717) is 21.2 Å². The monoisotopic (exact) mass is 346 g/mol. The number of amides is 1. The zero-order chi connectivity index (χ0) is 16.7. The van der Waals surface area contributed by atoms with E-state index in [1.165, 1.54) is 23.5 Å². The standard InChI is InChI=1S/C16H11ClN2O3S/c17-13-4-2-1-3-11(13)5-6-15(21)22-10-14(20)19-16-12(9-18)7-8-23-16/h1-8H,10H2,(H,19,20). The van der Waals surface area contributed by atoms with Crippen LogP contribution >= 0.6 is 22.9 Å². The third-order valence-corrected chi connectivity index (χ3v) is 3.86. The number of ether oxygens (including phenoxy) is 1. The van der Waals surface area contributed by atoms with Crippen LogP contribution in [0.5, 0.6) is 0 Å². The summed E-state index contributed by atoms with van der Waals surface area (Å²) in [5.41, 5.74) is 1.04. The minimum absolute atomic E-state index is 0.369. The zero-order valence-corrected chi connectivity index (χ0v) is 13.4. The Balaban J connectivity index is 1.84. The van der Waals surface area contributed by atoms with Crippen molar-refractivity contribution in [3.05, 3.63) is 57.9 Å². The molecule has 0 aliphatic heterocycles. The van der Waals surface area contributed by atoms with Gasteiger partial charge < -0.3 is 10.1 Å². The minimum Gasteiger partial charge on any atom is -0.452 e. The van der Waals surface area contributed by atoms with Crippen molar-refractivity contribution in [2.75, 3.05) is 11.9 Å². The van der Waals surface area contributed by atoms with Gasteiger partial charge in [0, 0.05) is 11.1 Å². The average molecular weight is 347 g/mol. The molecule has 1 aromatic heterocycles. The largest absolute Gasteiger partial charge is 0.452 e. The van der Waals surface area contributed by atoms with E-state index in [2.05, 4.69) is 5.32 Å². The zero-order valence-electron chi connectivity index (χ0n) is 11.8. The van der Waals surface area contributed by atoms with Crippen LogP contribution in [0.25, 0.3) is 6.08 Å². The molecule has 0 aliphatic rings. The van der Waals surface area contributed by atoms with Gasteiger partial charge in [0.2, 0.25) is 0 Å². The second-order valence-corrected chi connectivity index (χ2v) is 5.61. The normalized spacial score (nSPS) is 10.3. The Morgan fingerprint density at radius 3 is 2.87 bits per heavy atom. The predicted molar refractivity (Wildman–Crippen MR) is 89.1 cm³/mol. The molecule has 2 rings (SSSR count). The summed E-state index contributed by atoms with van der Waals surface area (Å²) in [6.07, 6.45) is 2.70. The van der Waals surface area contributed by atoms with Crippen molar-refractivity contribution in [1.82, 2.24) is 0 Å². The second kappa shape index (κ2) is 8.13. The fourth-order valence-electron chi connectivity index (χ4n) is 1.61. The Morgan fingerprint density at radius 1 is 1.35 bits per heavy atom. The molecule has 5 nitrogen and oxygen atoms in total. The molecule has 0 atom stereocenters. The molecule has 1 amide bonds. The maximum absolute atomic E-state index is 11.7. The fraction of sp³-hybridized carbons (Fsp3) is 0.0625. The Morgan fingerprint density at radius 2 is 2.13 bits per heavy atom. The first-order valence-electron chi connectivity index (χ1n) is 6.47. The molecule has 0 saturated heterocycles. The van der Waals surface area contributed by atoms with E-state index >= 15 is 0 Å². The topological polar surface area (TPSA) is 79.2 Å². The summed E-state index contributed by atoms with van der Waals surface area (Å²) in [7, 11) is 0. The van der Waals surface area contributed by atoms with Crippen molar-refractivity contribution in [3.8, 4) is 6.07 Å². The number of anilines is 1. The van der Waals surface area contributed by atoms with Crippen LogP contribution in [0.15, 0.2) is 41.8 Å². The number of thiophene rings is 1. The van der Waals surface area contributed by atoms with Crippen molar-refractivity contribution < 1.29 is 14.3 Å². The van der Waals surface area contributed by atoms with Gasteiger partial charge in [-0.2, -0.15) is 5.26 Å². The third kappa shape index (κ3) is 4.95. The molecule has 0 aliphatic carbocycles. The van der Waals surface area contributed by atoms with Gasteiger partial charge in [0.25, 0.3) is 5.91 Å². The Hall–Kier alpha value is -2.62. The van der Waals surface area contributed by atoms with E-state index in [0.717, 1.165) is 0 Å². The number of nitriles is 1. The van der Waals surface area contributed by atoms with Crippen molar-refractivity contribution in [2.24, 2.45) is 0 Å². The van der Waals surface area contributed by atoms with Gasteiger partial charge in [0.15, 0.2) is 6.61 Å². The Bertz CT molecular complexity index is 793. The fourth-order valence-corrected chi connectivity index (χ4v) is 2.56. The van der Waals surface area contributed by atoms with Gasteiger partial charge in [-0.15, -0.1) is 11.3 Å². The minimum atomic E-state index is -0.660. The molecule has 0 bridgehead atoms. The second-order valence-electron chi connectivity index (χ2n) is 4.29. The Kier molecular flexibility index (Phi) is 5.92. The highest BCUT2D eigenvalue weighted by Crippen LogP contribution is 2.21. The number of nitrogens with one attached hydrogen (secondary N) is 1. The van der Waals surface area contributed by atoms with Crippen molar-refractivity contribution in [1.29, 1.82) is 5.26 Å². The number of hydrogen-bond donors (Lipinski definition) is 1. The van der Waals surface area contributed by atoms with Crippen LogP contribution < -0.4 is 5.32 Å². The van der Waals surface area contributed by atoms with E-state index < -0.39 is 18.5 Å². The van der Waals surface area contributed by atoms with E-state index in [4.69, 9.17) is 21.6 Å². The van der Waals surface area contributed by atoms with Crippen LogP contribution in [-0.4, -0.2) is 18.5 Å². The molecule has 23 heavy (non-hydrogen) atoms. The summed E-state index contributed by atoms with van der Waals surface area (Å²) in [6.45, 7) is -0.436.